The van der Waals surface area contributed by atoms with Gasteiger partial charge in [-0.15, -0.1) is 0 Å². The van der Waals surface area contributed by atoms with E-state index < -0.39 is 29.6 Å². The number of imide groups is 1. The molecule has 40 heavy (non-hydrogen) atoms. The number of rotatable bonds is 13. The zero-order chi connectivity index (χ0) is 29.2. The van der Waals surface area contributed by atoms with Gasteiger partial charge < -0.3 is 19.5 Å². The molecule has 1 saturated heterocycles. The topological polar surface area (TPSA) is 111 Å². The van der Waals surface area contributed by atoms with Gasteiger partial charge in [-0.1, -0.05) is 31.9 Å². The third kappa shape index (κ3) is 8.37. The van der Waals surface area contributed by atoms with E-state index in [4.69, 9.17) is 25.8 Å². The predicted molar refractivity (Wildman–Crippen MR) is 164 cm³/mol. The number of ether oxygens (including phenoxy) is 3. The van der Waals surface area contributed by atoms with Crippen molar-refractivity contribution in [2.24, 2.45) is 0 Å². The molecule has 3 rings (SSSR count). The van der Waals surface area contributed by atoms with Crippen molar-refractivity contribution in [3.05, 3.63) is 55.0 Å². The Bertz CT molecular complexity index is 1320. The molecule has 0 bridgehead atoms. The molecule has 1 N–H and O–H groups in total. The summed E-state index contributed by atoms with van der Waals surface area (Å²) in [6, 6.07) is 7.96. The first-order chi connectivity index (χ1) is 19.2. The maximum absolute atomic E-state index is 13.0. The fraction of sp³-hybridized carbons (Fsp3) is 0.357. The molecule has 0 atom stereocenters. The number of amides is 3. The Hall–Kier alpha value is -2.77. The van der Waals surface area contributed by atoms with E-state index in [2.05, 4.69) is 27.9 Å². The Kier molecular flexibility index (Phi) is 12.1. The van der Waals surface area contributed by atoms with Crippen LogP contribution in [0.3, 0.4) is 0 Å². The molecule has 9 nitrogen and oxygen atoms in total. The summed E-state index contributed by atoms with van der Waals surface area (Å²) < 4.78 is 17.6. The largest absolute Gasteiger partial charge is 0.490 e. The number of nitrogens with zero attached hydrogens (tertiary/aromatic N) is 1. The summed E-state index contributed by atoms with van der Waals surface area (Å²) >= 11 is 9.02. The second-order valence-electron chi connectivity index (χ2n) is 8.61. The number of carbonyl (C=O) groups is 4. The van der Waals surface area contributed by atoms with Gasteiger partial charge >= 0.3 is 5.97 Å². The molecule has 0 unspecified atom stereocenters. The smallest absolute Gasteiger partial charge is 0.339 e. The van der Waals surface area contributed by atoms with Crippen LogP contribution in [0.4, 0.5) is 10.5 Å². The van der Waals surface area contributed by atoms with E-state index in [1.54, 1.807) is 12.1 Å². The molecule has 0 spiro atoms. The number of halogens is 2. The highest BCUT2D eigenvalue weighted by Gasteiger charge is 2.36. The lowest BCUT2D eigenvalue weighted by Crippen LogP contribution is -2.36. The number of unbranched alkanes of at least 4 members (excludes halogenated alkanes) is 1. The van der Waals surface area contributed by atoms with Crippen molar-refractivity contribution in [3.63, 3.8) is 0 Å². The summed E-state index contributed by atoms with van der Waals surface area (Å²) in [5, 5.41) is 2.22. The minimum atomic E-state index is -0.609. The van der Waals surface area contributed by atoms with Crippen LogP contribution in [0.25, 0.3) is 6.08 Å². The molecule has 0 aromatic heterocycles. The summed E-state index contributed by atoms with van der Waals surface area (Å²) in [5.74, 6) is -0.615. The summed E-state index contributed by atoms with van der Waals surface area (Å²) in [6.07, 6.45) is 4.02. The number of carbonyl (C=O) groups excluding carboxylic acids is 4. The highest BCUT2D eigenvalue weighted by molar-refractivity contribution is 14.1. The van der Waals surface area contributed by atoms with Crippen LogP contribution in [0.15, 0.2) is 35.2 Å². The molecule has 0 aliphatic carbocycles. The normalized spacial score (nSPS) is 14.0. The Balaban J connectivity index is 1.71. The molecule has 0 radical (unpaired) electrons. The number of hydrogen-bond acceptors (Lipinski definition) is 8. The fourth-order valence-electron chi connectivity index (χ4n) is 3.56. The number of esters is 1. The first kappa shape index (κ1) is 31.8. The molecule has 2 aromatic rings. The molecule has 1 heterocycles. The van der Waals surface area contributed by atoms with E-state index in [1.807, 2.05) is 26.8 Å². The number of thioether (sulfide) groups is 1. The number of benzene rings is 2. The van der Waals surface area contributed by atoms with Gasteiger partial charge in [0.25, 0.3) is 11.1 Å². The fourth-order valence-corrected chi connectivity index (χ4v) is 5.37. The molecule has 214 valence electrons. The summed E-state index contributed by atoms with van der Waals surface area (Å²) in [5.41, 5.74) is 1.05. The van der Waals surface area contributed by atoms with E-state index in [9.17, 15) is 19.2 Å². The van der Waals surface area contributed by atoms with Gasteiger partial charge in [-0.25, -0.2) is 4.79 Å². The average Bonchev–Trinajstić information content (AvgIpc) is 3.16. The summed E-state index contributed by atoms with van der Waals surface area (Å²) in [4.78, 5) is 51.7. The lowest BCUT2D eigenvalue weighted by Gasteiger charge is -2.14. The second-order valence-corrected chi connectivity index (χ2v) is 11.2. The number of anilines is 1. The van der Waals surface area contributed by atoms with Gasteiger partial charge in [-0.2, -0.15) is 0 Å². The average molecular weight is 701 g/mol. The third-order valence-electron chi connectivity index (χ3n) is 5.46. The zero-order valence-electron chi connectivity index (χ0n) is 22.4. The molecular formula is C28H30ClIN2O7S. The van der Waals surface area contributed by atoms with Gasteiger partial charge in [0, 0.05) is 5.69 Å². The van der Waals surface area contributed by atoms with Crippen LogP contribution in [0.5, 0.6) is 11.5 Å². The summed E-state index contributed by atoms with van der Waals surface area (Å²) in [6.45, 7) is 6.59. The lowest BCUT2D eigenvalue weighted by atomic mass is 10.2. The van der Waals surface area contributed by atoms with Crippen molar-refractivity contribution >= 4 is 80.7 Å². The molecule has 2 aromatic carbocycles. The maximum atomic E-state index is 13.0. The predicted octanol–water partition coefficient (Wildman–Crippen LogP) is 6.76. The lowest BCUT2D eigenvalue weighted by molar-refractivity contribution is -0.127. The molecule has 3 amide bonds. The molecule has 1 aliphatic heterocycles. The Morgan fingerprint density at radius 3 is 2.55 bits per heavy atom. The molecule has 0 saturated carbocycles. The van der Waals surface area contributed by atoms with Crippen molar-refractivity contribution in [2.75, 3.05) is 31.7 Å². The minimum Gasteiger partial charge on any atom is -0.490 e. The van der Waals surface area contributed by atoms with Crippen LogP contribution >= 0.6 is 46.0 Å². The first-order valence-electron chi connectivity index (χ1n) is 12.8. The van der Waals surface area contributed by atoms with E-state index in [1.165, 1.54) is 18.2 Å². The monoisotopic (exact) mass is 700 g/mol. The van der Waals surface area contributed by atoms with Gasteiger partial charge in [0.2, 0.25) is 5.91 Å². The van der Waals surface area contributed by atoms with Crippen molar-refractivity contribution in [3.8, 4) is 11.5 Å². The van der Waals surface area contributed by atoms with E-state index in [0.717, 1.165) is 39.5 Å². The van der Waals surface area contributed by atoms with Gasteiger partial charge in [-0.05, 0) is 96.1 Å². The van der Waals surface area contributed by atoms with Crippen molar-refractivity contribution in [1.29, 1.82) is 0 Å². The van der Waals surface area contributed by atoms with Crippen LogP contribution in [-0.4, -0.2) is 54.3 Å². The highest BCUT2D eigenvalue weighted by atomic mass is 127. The van der Waals surface area contributed by atoms with E-state index in [-0.39, 0.29) is 27.8 Å². The van der Waals surface area contributed by atoms with Crippen molar-refractivity contribution < 1.29 is 33.4 Å². The molecule has 12 heteroatoms. The van der Waals surface area contributed by atoms with Crippen LogP contribution in [-0.2, 0) is 14.3 Å². The highest BCUT2D eigenvalue weighted by Crippen LogP contribution is 2.37. The zero-order valence-corrected chi connectivity index (χ0v) is 26.1. The van der Waals surface area contributed by atoms with Crippen LogP contribution in [0.2, 0.25) is 5.02 Å². The van der Waals surface area contributed by atoms with Crippen molar-refractivity contribution in [2.45, 2.75) is 40.0 Å². The van der Waals surface area contributed by atoms with Crippen LogP contribution < -0.4 is 14.8 Å². The number of hydrogen-bond donors (Lipinski definition) is 1. The maximum Gasteiger partial charge on any atom is 0.339 e. The first-order valence-corrected chi connectivity index (χ1v) is 15.1. The van der Waals surface area contributed by atoms with Gasteiger partial charge in [-0.3, -0.25) is 19.3 Å². The van der Waals surface area contributed by atoms with Gasteiger partial charge in [0.05, 0.1) is 38.9 Å². The number of nitrogens with one attached hydrogen (secondary N) is 1. The van der Waals surface area contributed by atoms with Crippen LogP contribution in [0, 0.1) is 3.57 Å². The Morgan fingerprint density at radius 1 is 1.07 bits per heavy atom. The van der Waals surface area contributed by atoms with E-state index >= 15 is 0 Å². The Labute approximate surface area is 256 Å². The quantitative estimate of drug-likeness (QED) is 0.106. The second kappa shape index (κ2) is 15.3. The van der Waals surface area contributed by atoms with Gasteiger partial charge in [0.15, 0.2) is 11.5 Å². The van der Waals surface area contributed by atoms with Crippen molar-refractivity contribution in [1.82, 2.24) is 4.90 Å². The molecule has 1 fully saturated rings. The molecule has 1 aliphatic rings. The van der Waals surface area contributed by atoms with Gasteiger partial charge in [0.1, 0.15) is 6.54 Å². The minimum absolute atomic E-state index is 0.108. The standard InChI is InChI=1S/C28H30ClIN2O7S/c1-4-7-11-39-27(35)19-15-18(8-9-20(19)29)31-24(33)16-32-26(34)23(40-28(32)36)14-17-12-21(30)25(38-10-5-2)22(13-17)37-6-3/h8-9,12-15H,4-7,10-11,16H2,1-3H3,(H,31,33)/b23-14-. The van der Waals surface area contributed by atoms with E-state index in [0.29, 0.717) is 30.3 Å². The SMILES string of the molecule is CCCCOC(=O)c1cc(NC(=O)CN2C(=O)S/C(=C\c3cc(I)c(OCCC)c(OCC)c3)C2=O)ccc1Cl. The Morgan fingerprint density at radius 2 is 1.85 bits per heavy atom. The summed E-state index contributed by atoms with van der Waals surface area (Å²) in [7, 11) is 0. The molecular weight excluding hydrogens is 671 g/mol. The van der Waals surface area contributed by atoms with Crippen LogP contribution in [0.1, 0.15) is 56.0 Å². The third-order valence-corrected chi connectivity index (χ3v) is 7.49.